The van der Waals surface area contributed by atoms with Crippen molar-refractivity contribution >= 4 is 21.8 Å². The first-order valence-corrected chi connectivity index (χ1v) is 7.76. The van der Waals surface area contributed by atoms with Gasteiger partial charge in [-0.3, -0.25) is 0 Å². The predicted molar refractivity (Wildman–Crippen MR) is 66.9 cm³/mol. The molecule has 0 aromatic rings. The highest BCUT2D eigenvalue weighted by Gasteiger charge is 2.31. The average molecular weight is 269 g/mol. The second kappa shape index (κ2) is 5.67. The van der Waals surface area contributed by atoms with Crippen LogP contribution in [0.5, 0.6) is 0 Å². The quantitative estimate of drug-likeness (QED) is 0.772. The van der Waals surface area contributed by atoms with Gasteiger partial charge in [0.1, 0.15) is 0 Å². The Balaban J connectivity index is 2.70. The van der Waals surface area contributed by atoms with Crippen LogP contribution in [0, 0.1) is 0 Å². The van der Waals surface area contributed by atoms with Crippen LogP contribution in [0.4, 0.5) is 0 Å². The van der Waals surface area contributed by atoms with Crippen molar-refractivity contribution < 1.29 is 8.42 Å². The van der Waals surface area contributed by atoms with E-state index >= 15 is 0 Å². The summed E-state index contributed by atoms with van der Waals surface area (Å²) in [5.41, 5.74) is -0.544. The zero-order valence-corrected chi connectivity index (χ0v) is 11.6. The number of hydrogen-bond donors (Lipinski definition) is 1. The van der Waals surface area contributed by atoms with E-state index in [1.54, 1.807) is 0 Å². The van der Waals surface area contributed by atoms with E-state index < -0.39 is 15.7 Å². The van der Waals surface area contributed by atoms with Crippen molar-refractivity contribution in [3.63, 3.8) is 0 Å². The second-order valence-corrected chi connectivity index (χ2v) is 6.55. The molecule has 1 aliphatic heterocycles. The molecule has 1 N–H and O–H groups in total. The number of rotatable bonds is 5. The average Bonchev–Trinajstić information content (AvgIpc) is 2.29. The van der Waals surface area contributed by atoms with Crippen LogP contribution in [-0.2, 0) is 10.2 Å². The van der Waals surface area contributed by atoms with E-state index in [9.17, 15) is 8.42 Å². The number of piperidine rings is 1. The SMILES string of the molecule is CCC(C)(CCl)NS(=O)(=O)N1CCCCC1. The molecule has 1 rings (SSSR count). The van der Waals surface area contributed by atoms with Crippen molar-refractivity contribution in [3.05, 3.63) is 0 Å². The Labute approximate surface area is 104 Å². The van der Waals surface area contributed by atoms with Gasteiger partial charge >= 0.3 is 0 Å². The molecular formula is C10H21ClN2O2S. The number of nitrogens with zero attached hydrogens (tertiary/aromatic N) is 1. The molecule has 1 fully saturated rings. The molecule has 0 aromatic carbocycles. The fraction of sp³-hybridized carbons (Fsp3) is 1.00. The van der Waals surface area contributed by atoms with Crippen LogP contribution < -0.4 is 4.72 Å². The highest BCUT2D eigenvalue weighted by Crippen LogP contribution is 2.17. The molecule has 1 saturated heterocycles. The minimum atomic E-state index is -3.37. The van der Waals surface area contributed by atoms with Gasteiger partial charge in [-0.15, -0.1) is 11.6 Å². The summed E-state index contributed by atoms with van der Waals surface area (Å²) in [6, 6.07) is 0. The van der Waals surface area contributed by atoms with Crippen molar-refractivity contribution in [1.82, 2.24) is 9.03 Å². The third kappa shape index (κ3) is 3.58. The minimum Gasteiger partial charge on any atom is -0.195 e. The molecule has 6 heteroatoms. The molecule has 0 bridgehead atoms. The van der Waals surface area contributed by atoms with E-state index in [1.165, 1.54) is 4.31 Å². The van der Waals surface area contributed by atoms with Gasteiger partial charge in [0, 0.05) is 24.5 Å². The summed E-state index contributed by atoms with van der Waals surface area (Å²) in [7, 11) is -3.37. The van der Waals surface area contributed by atoms with E-state index in [1.807, 2.05) is 13.8 Å². The third-order valence-corrected chi connectivity index (χ3v) is 5.49. The topological polar surface area (TPSA) is 49.4 Å². The molecule has 16 heavy (non-hydrogen) atoms. The first-order chi connectivity index (χ1) is 7.43. The first-order valence-electron chi connectivity index (χ1n) is 5.78. The van der Waals surface area contributed by atoms with Crippen LogP contribution in [0.3, 0.4) is 0 Å². The van der Waals surface area contributed by atoms with Crippen LogP contribution in [-0.4, -0.2) is 37.2 Å². The lowest BCUT2D eigenvalue weighted by atomic mass is 10.0. The van der Waals surface area contributed by atoms with E-state index in [4.69, 9.17) is 11.6 Å². The smallest absolute Gasteiger partial charge is 0.195 e. The largest absolute Gasteiger partial charge is 0.279 e. The Morgan fingerprint density at radius 3 is 2.31 bits per heavy atom. The van der Waals surface area contributed by atoms with Crippen LogP contribution in [0.2, 0.25) is 0 Å². The molecule has 4 nitrogen and oxygen atoms in total. The fourth-order valence-electron chi connectivity index (χ4n) is 1.68. The van der Waals surface area contributed by atoms with Crippen LogP contribution in [0.15, 0.2) is 0 Å². The van der Waals surface area contributed by atoms with Crippen LogP contribution >= 0.6 is 11.6 Å². The van der Waals surface area contributed by atoms with E-state index in [2.05, 4.69) is 4.72 Å². The van der Waals surface area contributed by atoms with Crippen molar-refractivity contribution in [1.29, 1.82) is 0 Å². The normalized spacial score (nSPS) is 22.9. The molecule has 1 heterocycles. The highest BCUT2D eigenvalue weighted by molar-refractivity contribution is 7.87. The van der Waals surface area contributed by atoms with Gasteiger partial charge in [0.2, 0.25) is 0 Å². The highest BCUT2D eigenvalue weighted by atomic mass is 35.5. The van der Waals surface area contributed by atoms with E-state index in [-0.39, 0.29) is 5.88 Å². The van der Waals surface area contributed by atoms with Gasteiger partial charge in [-0.05, 0) is 26.2 Å². The lowest BCUT2D eigenvalue weighted by molar-refractivity contribution is 0.328. The summed E-state index contributed by atoms with van der Waals surface area (Å²) in [5, 5.41) is 0. The lowest BCUT2D eigenvalue weighted by Gasteiger charge is -2.32. The van der Waals surface area contributed by atoms with E-state index in [0.717, 1.165) is 19.3 Å². The summed E-state index contributed by atoms with van der Waals surface area (Å²) in [4.78, 5) is 0. The number of nitrogens with one attached hydrogen (secondary N) is 1. The van der Waals surface area contributed by atoms with Gasteiger partial charge in [-0.25, -0.2) is 0 Å². The molecule has 0 saturated carbocycles. The van der Waals surface area contributed by atoms with Crippen LogP contribution in [0.1, 0.15) is 39.5 Å². The Morgan fingerprint density at radius 2 is 1.88 bits per heavy atom. The van der Waals surface area contributed by atoms with Gasteiger partial charge in [-0.1, -0.05) is 13.3 Å². The molecule has 0 aliphatic carbocycles. The molecular weight excluding hydrogens is 248 g/mol. The summed E-state index contributed by atoms with van der Waals surface area (Å²) < 4.78 is 28.4. The monoisotopic (exact) mass is 268 g/mol. The Bertz CT molecular complexity index is 309. The Kier molecular flexibility index (Phi) is 5.04. The first kappa shape index (κ1) is 14.2. The number of alkyl halides is 1. The van der Waals surface area contributed by atoms with Crippen molar-refractivity contribution in [2.24, 2.45) is 0 Å². The maximum atomic E-state index is 12.1. The summed E-state index contributed by atoms with van der Waals surface area (Å²) in [5.74, 6) is 0.288. The van der Waals surface area contributed by atoms with Gasteiger partial charge in [0.25, 0.3) is 10.2 Å². The van der Waals surface area contributed by atoms with E-state index in [0.29, 0.717) is 19.5 Å². The van der Waals surface area contributed by atoms with Crippen molar-refractivity contribution in [3.8, 4) is 0 Å². The second-order valence-electron chi connectivity index (χ2n) is 4.61. The summed E-state index contributed by atoms with van der Waals surface area (Å²) >= 11 is 5.81. The predicted octanol–water partition coefficient (Wildman–Crippen LogP) is 1.71. The molecule has 0 spiro atoms. The third-order valence-electron chi connectivity index (χ3n) is 3.11. The maximum absolute atomic E-state index is 12.1. The standard InChI is InChI=1S/C10H21ClN2O2S/c1-3-10(2,9-11)12-16(14,15)13-7-5-4-6-8-13/h12H,3-9H2,1-2H3. The number of halogens is 1. The molecule has 1 unspecified atom stereocenters. The lowest BCUT2D eigenvalue weighted by Crippen LogP contribution is -2.53. The van der Waals surface area contributed by atoms with Gasteiger partial charge in [0.15, 0.2) is 0 Å². The fourth-order valence-corrected chi connectivity index (χ4v) is 3.72. The Morgan fingerprint density at radius 1 is 1.31 bits per heavy atom. The van der Waals surface area contributed by atoms with Crippen molar-refractivity contribution in [2.45, 2.75) is 45.1 Å². The number of hydrogen-bond acceptors (Lipinski definition) is 2. The molecule has 0 aromatic heterocycles. The zero-order chi connectivity index (χ0) is 12.2. The van der Waals surface area contributed by atoms with Gasteiger partial charge in [-0.2, -0.15) is 17.4 Å². The van der Waals surface area contributed by atoms with Crippen LogP contribution in [0.25, 0.3) is 0 Å². The zero-order valence-electron chi connectivity index (χ0n) is 10.00. The molecule has 0 radical (unpaired) electrons. The summed E-state index contributed by atoms with van der Waals surface area (Å²) in [6.07, 6.45) is 3.70. The molecule has 96 valence electrons. The van der Waals surface area contributed by atoms with Gasteiger partial charge in [0.05, 0.1) is 0 Å². The summed E-state index contributed by atoms with van der Waals surface area (Å²) in [6.45, 7) is 5.01. The molecule has 0 amide bonds. The van der Waals surface area contributed by atoms with Crippen molar-refractivity contribution in [2.75, 3.05) is 19.0 Å². The Hall–Kier alpha value is 0.160. The minimum absolute atomic E-state index is 0.288. The maximum Gasteiger partial charge on any atom is 0.279 e. The molecule has 1 atom stereocenters. The molecule has 1 aliphatic rings. The van der Waals surface area contributed by atoms with Gasteiger partial charge < -0.3 is 0 Å².